The van der Waals surface area contributed by atoms with E-state index in [9.17, 15) is 4.79 Å². The maximum atomic E-state index is 12.3. The molecule has 0 aliphatic heterocycles. The molecule has 0 bridgehead atoms. The molecular weight excluding hydrogens is 268 g/mol. The molecule has 2 aromatic heterocycles. The second-order valence-electron chi connectivity index (χ2n) is 4.68. The molecule has 3 nitrogen and oxygen atoms in total. The summed E-state index contributed by atoms with van der Waals surface area (Å²) < 4.78 is 0. The first-order valence-corrected chi connectivity index (χ1v) is 7.19. The van der Waals surface area contributed by atoms with Crippen molar-refractivity contribution in [3.05, 3.63) is 57.9 Å². The van der Waals surface area contributed by atoms with E-state index >= 15 is 0 Å². The van der Waals surface area contributed by atoms with Crippen LogP contribution in [0.2, 0.25) is 0 Å². The Labute approximate surface area is 121 Å². The predicted octanol–water partition coefficient (Wildman–Crippen LogP) is 4.17. The standard InChI is InChI=1S/C16H14N2OS/c1-10-9-14(20-11(10)2)16(19)18-13-7-3-5-12-6-4-8-17-15(12)13/h3-9H,1-2H3,(H,18,19). The van der Waals surface area contributed by atoms with Gasteiger partial charge in [0.25, 0.3) is 5.91 Å². The number of amides is 1. The van der Waals surface area contributed by atoms with E-state index in [1.165, 1.54) is 16.2 Å². The monoisotopic (exact) mass is 282 g/mol. The molecule has 0 radical (unpaired) electrons. The number of aryl methyl sites for hydroxylation is 2. The van der Waals surface area contributed by atoms with Crippen LogP contribution < -0.4 is 5.32 Å². The number of hydrogen-bond donors (Lipinski definition) is 1. The summed E-state index contributed by atoms with van der Waals surface area (Å²) in [5, 5.41) is 3.97. The van der Waals surface area contributed by atoms with Crippen LogP contribution in [0.25, 0.3) is 10.9 Å². The van der Waals surface area contributed by atoms with Gasteiger partial charge >= 0.3 is 0 Å². The molecule has 4 heteroatoms. The van der Waals surface area contributed by atoms with Gasteiger partial charge in [-0.25, -0.2) is 0 Å². The van der Waals surface area contributed by atoms with Gasteiger partial charge in [0.15, 0.2) is 0 Å². The zero-order chi connectivity index (χ0) is 14.1. The highest BCUT2D eigenvalue weighted by atomic mass is 32.1. The quantitative estimate of drug-likeness (QED) is 0.766. The maximum Gasteiger partial charge on any atom is 0.265 e. The number of para-hydroxylation sites is 1. The lowest BCUT2D eigenvalue weighted by molar-refractivity contribution is 0.103. The van der Waals surface area contributed by atoms with E-state index in [-0.39, 0.29) is 5.91 Å². The van der Waals surface area contributed by atoms with Gasteiger partial charge in [-0.3, -0.25) is 9.78 Å². The molecule has 0 spiro atoms. The number of carbonyl (C=O) groups is 1. The molecule has 1 aromatic carbocycles. The molecular formula is C16H14N2OS. The number of nitrogens with zero attached hydrogens (tertiary/aromatic N) is 1. The second-order valence-corrected chi connectivity index (χ2v) is 5.94. The zero-order valence-electron chi connectivity index (χ0n) is 11.3. The summed E-state index contributed by atoms with van der Waals surface area (Å²) in [5.41, 5.74) is 2.71. The number of aromatic nitrogens is 1. The molecule has 0 saturated heterocycles. The van der Waals surface area contributed by atoms with Crippen LogP contribution in [-0.2, 0) is 0 Å². The first-order valence-electron chi connectivity index (χ1n) is 6.37. The summed E-state index contributed by atoms with van der Waals surface area (Å²) in [6, 6.07) is 11.6. The Morgan fingerprint density at radius 3 is 2.75 bits per heavy atom. The van der Waals surface area contributed by atoms with E-state index < -0.39 is 0 Å². The van der Waals surface area contributed by atoms with Gasteiger partial charge < -0.3 is 5.32 Å². The smallest absolute Gasteiger partial charge is 0.265 e. The average Bonchev–Trinajstić information content (AvgIpc) is 2.79. The lowest BCUT2D eigenvalue weighted by Crippen LogP contribution is -2.10. The topological polar surface area (TPSA) is 42.0 Å². The molecule has 100 valence electrons. The average molecular weight is 282 g/mol. The van der Waals surface area contributed by atoms with Crippen molar-refractivity contribution in [2.45, 2.75) is 13.8 Å². The normalized spacial score (nSPS) is 10.7. The zero-order valence-corrected chi connectivity index (χ0v) is 12.1. The molecule has 0 atom stereocenters. The van der Waals surface area contributed by atoms with Crippen LogP contribution >= 0.6 is 11.3 Å². The molecule has 3 rings (SSSR count). The van der Waals surface area contributed by atoms with Crippen LogP contribution in [-0.4, -0.2) is 10.9 Å². The highest BCUT2D eigenvalue weighted by molar-refractivity contribution is 7.14. The Morgan fingerprint density at radius 2 is 2.00 bits per heavy atom. The van der Waals surface area contributed by atoms with Gasteiger partial charge in [-0.15, -0.1) is 11.3 Å². The SMILES string of the molecule is Cc1cc(C(=O)Nc2cccc3cccnc23)sc1C. The van der Waals surface area contributed by atoms with Crippen LogP contribution in [0.3, 0.4) is 0 Å². The minimum atomic E-state index is -0.0793. The minimum Gasteiger partial charge on any atom is -0.319 e. The molecule has 2 heterocycles. The van der Waals surface area contributed by atoms with E-state index in [0.29, 0.717) is 0 Å². The van der Waals surface area contributed by atoms with Crippen LogP contribution in [0.15, 0.2) is 42.6 Å². The number of pyridine rings is 1. The molecule has 1 N–H and O–H groups in total. The number of anilines is 1. The lowest BCUT2D eigenvalue weighted by Gasteiger charge is -2.06. The van der Waals surface area contributed by atoms with E-state index in [0.717, 1.165) is 27.0 Å². The molecule has 0 unspecified atom stereocenters. The fourth-order valence-electron chi connectivity index (χ4n) is 2.07. The third-order valence-electron chi connectivity index (χ3n) is 3.27. The van der Waals surface area contributed by atoms with Crippen molar-refractivity contribution in [1.29, 1.82) is 0 Å². The van der Waals surface area contributed by atoms with Crippen molar-refractivity contribution in [3.63, 3.8) is 0 Å². The fourth-order valence-corrected chi connectivity index (χ4v) is 3.00. The minimum absolute atomic E-state index is 0.0793. The Hall–Kier alpha value is -2.20. The predicted molar refractivity (Wildman–Crippen MR) is 83.5 cm³/mol. The highest BCUT2D eigenvalue weighted by Gasteiger charge is 2.12. The van der Waals surface area contributed by atoms with E-state index in [1.54, 1.807) is 6.20 Å². The van der Waals surface area contributed by atoms with Crippen molar-refractivity contribution >= 4 is 33.8 Å². The Kier molecular flexibility index (Phi) is 3.24. The van der Waals surface area contributed by atoms with Gasteiger partial charge in [0.1, 0.15) is 0 Å². The number of benzene rings is 1. The first-order chi connectivity index (χ1) is 9.65. The van der Waals surface area contributed by atoms with Gasteiger partial charge in [0.05, 0.1) is 16.1 Å². The van der Waals surface area contributed by atoms with Crippen LogP contribution in [0.5, 0.6) is 0 Å². The third kappa shape index (κ3) is 2.30. The van der Waals surface area contributed by atoms with E-state index in [4.69, 9.17) is 0 Å². The van der Waals surface area contributed by atoms with Gasteiger partial charge in [-0.2, -0.15) is 0 Å². The van der Waals surface area contributed by atoms with Crippen molar-refractivity contribution < 1.29 is 4.79 Å². The van der Waals surface area contributed by atoms with E-state index in [1.807, 2.05) is 50.2 Å². The lowest BCUT2D eigenvalue weighted by atomic mass is 10.2. The van der Waals surface area contributed by atoms with Crippen LogP contribution in [0.4, 0.5) is 5.69 Å². The highest BCUT2D eigenvalue weighted by Crippen LogP contribution is 2.24. The van der Waals surface area contributed by atoms with Crippen LogP contribution in [0.1, 0.15) is 20.1 Å². The number of fused-ring (bicyclic) bond motifs is 1. The van der Waals surface area contributed by atoms with Gasteiger partial charge in [-0.05, 0) is 37.6 Å². The van der Waals surface area contributed by atoms with Crippen molar-refractivity contribution in [2.24, 2.45) is 0 Å². The number of nitrogens with one attached hydrogen (secondary N) is 1. The van der Waals surface area contributed by atoms with Crippen molar-refractivity contribution in [3.8, 4) is 0 Å². The molecule has 0 fully saturated rings. The Bertz CT molecular complexity index is 767. The van der Waals surface area contributed by atoms with Crippen LogP contribution in [0, 0.1) is 13.8 Å². The molecule has 3 aromatic rings. The summed E-state index contributed by atoms with van der Waals surface area (Å²) in [5.74, 6) is -0.0793. The summed E-state index contributed by atoms with van der Waals surface area (Å²) >= 11 is 1.51. The Balaban J connectivity index is 1.95. The molecule has 0 saturated carbocycles. The summed E-state index contributed by atoms with van der Waals surface area (Å²) in [7, 11) is 0. The van der Waals surface area contributed by atoms with Gasteiger partial charge in [0, 0.05) is 16.5 Å². The van der Waals surface area contributed by atoms with E-state index in [2.05, 4.69) is 10.3 Å². The van der Waals surface area contributed by atoms with Gasteiger partial charge in [0.2, 0.25) is 0 Å². The van der Waals surface area contributed by atoms with Crippen molar-refractivity contribution in [1.82, 2.24) is 4.98 Å². The second kappa shape index (κ2) is 5.06. The third-order valence-corrected chi connectivity index (χ3v) is 4.42. The maximum absolute atomic E-state index is 12.3. The van der Waals surface area contributed by atoms with Gasteiger partial charge in [-0.1, -0.05) is 18.2 Å². The first kappa shape index (κ1) is 12.8. The summed E-state index contributed by atoms with van der Waals surface area (Å²) in [6.45, 7) is 4.04. The number of hydrogen-bond acceptors (Lipinski definition) is 3. The molecule has 0 aliphatic carbocycles. The van der Waals surface area contributed by atoms with Crippen molar-refractivity contribution in [2.75, 3.05) is 5.32 Å². The number of carbonyl (C=O) groups excluding carboxylic acids is 1. The molecule has 20 heavy (non-hydrogen) atoms. The Morgan fingerprint density at radius 1 is 1.20 bits per heavy atom. The summed E-state index contributed by atoms with van der Waals surface area (Å²) in [6.07, 6.45) is 1.73. The number of rotatable bonds is 2. The fraction of sp³-hybridized carbons (Fsp3) is 0.125. The summed E-state index contributed by atoms with van der Waals surface area (Å²) in [4.78, 5) is 18.5. The molecule has 0 aliphatic rings. The molecule has 1 amide bonds. The number of thiophene rings is 1. The largest absolute Gasteiger partial charge is 0.319 e.